The zero-order chi connectivity index (χ0) is 18.4. The number of carbonyl (C=O) groups excluding carboxylic acids is 2. The minimum atomic E-state index is -0.608. The quantitative estimate of drug-likeness (QED) is 0.472. The number of fused-ring (bicyclic) bond motifs is 1. The Kier molecular flexibility index (Phi) is 5.63. The summed E-state index contributed by atoms with van der Waals surface area (Å²) in [6.45, 7) is 1.90. The van der Waals surface area contributed by atoms with Crippen LogP contribution in [0.4, 0.5) is 0 Å². The Morgan fingerprint density at radius 1 is 1.12 bits per heavy atom. The molecule has 0 amide bonds. The number of carbonyl (C=O) groups is 2. The molecule has 134 valence electrons. The minimum Gasteiger partial charge on any atom is -0.463 e. The number of pyridine rings is 1. The number of ether oxygens (including phenoxy) is 2. The van der Waals surface area contributed by atoms with E-state index in [9.17, 15) is 9.59 Å². The molecule has 6 heteroatoms. The average Bonchev–Trinajstić information content (AvgIpc) is 3.20. The molecule has 26 heavy (non-hydrogen) atoms. The van der Waals surface area contributed by atoms with Gasteiger partial charge < -0.3 is 13.9 Å². The van der Waals surface area contributed by atoms with Crippen molar-refractivity contribution < 1.29 is 23.5 Å². The van der Waals surface area contributed by atoms with Gasteiger partial charge in [-0.3, -0.25) is 0 Å². The molecule has 0 aliphatic carbocycles. The molecule has 0 saturated carbocycles. The highest BCUT2D eigenvalue weighted by Crippen LogP contribution is 2.25. The Hall–Kier alpha value is -3.15. The molecule has 3 rings (SSSR count). The van der Waals surface area contributed by atoms with Crippen LogP contribution in [0, 0.1) is 0 Å². The van der Waals surface area contributed by atoms with Crippen LogP contribution in [0.15, 0.2) is 53.1 Å². The topological polar surface area (TPSA) is 78.6 Å². The lowest BCUT2D eigenvalue weighted by Crippen LogP contribution is -2.17. The molecule has 1 aromatic carbocycles. The predicted molar refractivity (Wildman–Crippen MR) is 95.6 cm³/mol. The van der Waals surface area contributed by atoms with E-state index >= 15 is 0 Å². The number of rotatable bonds is 7. The summed E-state index contributed by atoms with van der Waals surface area (Å²) >= 11 is 0. The number of aromatic nitrogens is 1. The van der Waals surface area contributed by atoms with Gasteiger partial charge in [-0.1, -0.05) is 31.5 Å². The summed E-state index contributed by atoms with van der Waals surface area (Å²) in [5.41, 5.74) is 1.48. The summed E-state index contributed by atoms with van der Waals surface area (Å²) in [4.78, 5) is 28.7. The number of nitrogens with zero attached hydrogens (tertiary/aromatic N) is 1. The van der Waals surface area contributed by atoms with Gasteiger partial charge in [0.15, 0.2) is 12.4 Å². The molecule has 0 atom stereocenters. The first-order chi connectivity index (χ1) is 12.7. The third-order valence-corrected chi connectivity index (χ3v) is 3.79. The Bertz CT molecular complexity index is 902. The van der Waals surface area contributed by atoms with Crippen LogP contribution in [0.3, 0.4) is 0 Å². The normalized spacial score (nSPS) is 10.7. The standard InChI is InChI=1S/C20H19NO5/c1-2-3-10-25-19(22)13-26-20(23)15-12-17(18-9-6-11-24-18)21-16-8-5-4-7-14(15)16/h4-9,11-12H,2-3,10,13H2,1H3. The van der Waals surface area contributed by atoms with Crippen molar-refractivity contribution in [3.63, 3.8) is 0 Å². The highest BCUT2D eigenvalue weighted by Gasteiger charge is 2.17. The van der Waals surface area contributed by atoms with Gasteiger partial charge in [-0.15, -0.1) is 0 Å². The van der Waals surface area contributed by atoms with Gasteiger partial charge in [0.25, 0.3) is 0 Å². The van der Waals surface area contributed by atoms with Crippen LogP contribution in [-0.4, -0.2) is 30.1 Å². The van der Waals surface area contributed by atoms with E-state index in [0.717, 1.165) is 12.8 Å². The second-order valence-electron chi connectivity index (χ2n) is 5.70. The van der Waals surface area contributed by atoms with Crippen LogP contribution >= 0.6 is 0 Å². The zero-order valence-electron chi connectivity index (χ0n) is 14.4. The molecule has 0 unspecified atom stereocenters. The molecule has 2 heterocycles. The van der Waals surface area contributed by atoms with Crippen LogP contribution < -0.4 is 0 Å². The van der Waals surface area contributed by atoms with Crippen LogP contribution in [0.1, 0.15) is 30.1 Å². The van der Waals surface area contributed by atoms with Crippen molar-refractivity contribution in [3.8, 4) is 11.5 Å². The third-order valence-electron chi connectivity index (χ3n) is 3.79. The largest absolute Gasteiger partial charge is 0.463 e. The van der Waals surface area contributed by atoms with E-state index in [4.69, 9.17) is 13.9 Å². The van der Waals surface area contributed by atoms with Crippen LogP contribution in [0.2, 0.25) is 0 Å². The summed E-state index contributed by atoms with van der Waals surface area (Å²) in [5.74, 6) is -0.621. The molecule has 0 bridgehead atoms. The number of unbranched alkanes of at least 4 members (excludes halogenated alkanes) is 1. The second kappa shape index (κ2) is 8.29. The Morgan fingerprint density at radius 2 is 1.96 bits per heavy atom. The van der Waals surface area contributed by atoms with Crippen molar-refractivity contribution in [3.05, 3.63) is 54.3 Å². The Morgan fingerprint density at radius 3 is 2.73 bits per heavy atom. The molecule has 0 N–H and O–H groups in total. The lowest BCUT2D eigenvalue weighted by molar-refractivity contribution is -0.147. The maximum absolute atomic E-state index is 12.5. The van der Waals surface area contributed by atoms with Crippen molar-refractivity contribution in [2.45, 2.75) is 19.8 Å². The van der Waals surface area contributed by atoms with Gasteiger partial charge >= 0.3 is 11.9 Å². The molecule has 2 aromatic heterocycles. The predicted octanol–water partition coefficient (Wildman–Crippen LogP) is 3.99. The minimum absolute atomic E-state index is 0.323. The monoisotopic (exact) mass is 353 g/mol. The SMILES string of the molecule is CCCCOC(=O)COC(=O)c1cc(-c2ccco2)nc2ccccc12. The van der Waals surface area contributed by atoms with Crippen molar-refractivity contribution in [1.82, 2.24) is 4.98 Å². The van der Waals surface area contributed by atoms with Crippen LogP contribution in [-0.2, 0) is 14.3 Å². The highest BCUT2D eigenvalue weighted by atomic mass is 16.6. The Labute approximate surface area is 150 Å². The third kappa shape index (κ3) is 4.08. The molecule has 0 spiro atoms. The molecule has 0 aliphatic heterocycles. The molecular weight excluding hydrogens is 334 g/mol. The van der Waals surface area contributed by atoms with Gasteiger partial charge in [0, 0.05) is 5.39 Å². The fourth-order valence-corrected chi connectivity index (χ4v) is 2.47. The van der Waals surface area contributed by atoms with Gasteiger partial charge in [0.2, 0.25) is 0 Å². The number of hydrogen-bond donors (Lipinski definition) is 0. The summed E-state index contributed by atoms with van der Waals surface area (Å²) in [7, 11) is 0. The zero-order valence-corrected chi connectivity index (χ0v) is 14.4. The van der Waals surface area contributed by atoms with E-state index in [1.54, 1.807) is 30.3 Å². The lowest BCUT2D eigenvalue weighted by atomic mass is 10.1. The smallest absolute Gasteiger partial charge is 0.344 e. The number of furan rings is 1. The van der Waals surface area contributed by atoms with E-state index in [1.165, 1.54) is 6.26 Å². The summed E-state index contributed by atoms with van der Waals surface area (Å²) in [6, 6.07) is 12.3. The molecule has 6 nitrogen and oxygen atoms in total. The molecule has 0 aliphatic rings. The number of benzene rings is 1. The molecule has 0 fully saturated rings. The van der Waals surface area contributed by atoms with Crippen LogP contribution in [0.25, 0.3) is 22.4 Å². The number of esters is 2. The molecular formula is C20H19NO5. The number of para-hydroxylation sites is 1. The second-order valence-corrected chi connectivity index (χ2v) is 5.70. The maximum atomic E-state index is 12.5. The van der Waals surface area contributed by atoms with E-state index in [1.807, 2.05) is 19.1 Å². The van der Waals surface area contributed by atoms with Gasteiger partial charge in [-0.05, 0) is 30.7 Å². The first-order valence-electron chi connectivity index (χ1n) is 8.45. The van der Waals surface area contributed by atoms with Gasteiger partial charge in [-0.2, -0.15) is 0 Å². The fraction of sp³-hybridized carbons (Fsp3) is 0.250. The summed E-state index contributed by atoms with van der Waals surface area (Å²) < 4.78 is 15.5. The first-order valence-corrected chi connectivity index (χ1v) is 8.45. The van der Waals surface area contributed by atoms with Gasteiger partial charge in [-0.25, -0.2) is 14.6 Å². The Balaban J connectivity index is 1.81. The molecule has 3 aromatic rings. The van der Waals surface area contributed by atoms with Crippen molar-refractivity contribution in [2.24, 2.45) is 0 Å². The first kappa shape index (κ1) is 17.7. The van der Waals surface area contributed by atoms with Crippen molar-refractivity contribution >= 4 is 22.8 Å². The van der Waals surface area contributed by atoms with Crippen molar-refractivity contribution in [2.75, 3.05) is 13.2 Å². The summed E-state index contributed by atoms with van der Waals surface area (Å²) in [6.07, 6.45) is 3.24. The summed E-state index contributed by atoms with van der Waals surface area (Å²) in [5, 5.41) is 0.646. The van der Waals surface area contributed by atoms with Crippen LogP contribution in [0.5, 0.6) is 0 Å². The van der Waals surface area contributed by atoms with E-state index in [0.29, 0.717) is 34.5 Å². The average molecular weight is 353 g/mol. The molecule has 0 saturated heterocycles. The fourth-order valence-electron chi connectivity index (χ4n) is 2.47. The molecule has 0 radical (unpaired) electrons. The van der Waals surface area contributed by atoms with Gasteiger partial charge in [0.05, 0.1) is 24.0 Å². The van der Waals surface area contributed by atoms with Crippen molar-refractivity contribution in [1.29, 1.82) is 0 Å². The van der Waals surface area contributed by atoms with E-state index in [-0.39, 0.29) is 0 Å². The van der Waals surface area contributed by atoms with E-state index < -0.39 is 18.5 Å². The lowest BCUT2D eigenvalue weighted by Gasteiger charge is -2.09. The highest BCUT2D eigenvalue weighted by molar-refractivity contribution is 6.04. The van der Waals surface area contributed by atoms with Gasteiger partial charge in [0.1, 0.15) is 5.69 Å². The van der Waals surface area contributed by atoms with E-state index in [2.05, 4.69) is 4.98 Å². The number of hydrogen-bond acceptors (Lipinski definition) is 6. The maximum Gasteiger partial charge on any atom is 0.344 e.